The van der Waals surface area contributed by atoms with Crippen LogP contribution in [0.25, 0.3) is 0 Å². The van der Waals surface area contributed by atoms with Crippen LogP contribution in [0.4, 0.5) is 4.39 Å². The first-order valence-corrected chi connectivity index (χ1v) is 5.88. The summed E-state index contributed by atoms with van der Waals surface area (Å²) in [5.74, 6) is 0.743. The molecule has 4 heteroatoms. The van der Waals surface area contributed by atoms with E-state index in [1.165, 1.54) is 7.11 Å². The molecule has 1 aliphatic rings. The second-order valence-electron chi connectivity index (χ2n) is 4.10. The van der Waals surface area contributed by atoms with Gasteiger partial charge < -0.3 is 9.47 Å². The predicted molar refractivity (Wildman–Crippen MR) is 63.9 cm³/mol. The highest BCUT2D eigenvalue weighted by Crippen LogP contribution is 2.37. The van der Waals surface area contributed by atoms with E-state index in [9.17, 15) is 4.39 Å². The lowest BCUT2D eigenvalue weighted by atomic mass is 9.76. The Morgan fingerprint density at radius 3 is 2.69 bits per heavy atom. The van der Waals surface area contributed by atoms with Crippen LogP contribution in [0.5, 0.6) is 5.75 Å². The zero-order chi connectivity index (χ0) is 11.6. The highest BCUT2D eigenvalue weighted by molar-refractivity contribution is 7.80. The lowest BCUT2D eigenvalue weighted by Crippen LogP contribution is -2.47. The van der Waals surface area contributed by atoms with Crippen molar-refractivity contribution in [1.29, 1.82) is 0 Å². The van der Waals surface area contributed by atoms with E-state index < -0.39 is 0 Å². The van der Waals surface area contributed by atoms with Crippen molar-refractivity contribution in [1.82, 2.24) is 0 Å². The molecule has 1 heterocycles. The highest BCUT2D eigenvalue weighted by atomic mass is 32.1. The highest BCUT2D eigenvalue weighted by Gasteiger charge is 2.39. The first-order chi connectivity index (χ1) is 7.72. The van der Waals surface area contributed by atoms with Crippen molar-refractivity contribution in [3.05, 3.63) is 29.6 Å². The maximum atomic E-state index is 13.6. The van der Waals surface area contributed by atoms with Crippen molar-refractivity contribution < 1.29 is 13.9 Å². The normalized spacial score (nSPS) is 17.9. The third-order valence-corrected chi connectivity index (χ3v) is 3.33. The molecule has 0 aliphatic carbocycles. The number of methoxy groups -OCH3 is 1. The van der Waals surface area contributed by atoms with Gasteiger partial charge in [0.05, 0.1) is 20.3 Å². The van der Waals surface area contributed by atoms with E-state index in [4.69, 9.17) is 9.47 Å². The Hall–Kier alpha value is -0.740. The topological polar surface area (TPSA) is 18.5 Å². The summed E-state index contributed by atoms with van der Waals surface area (Å²) in [5, 5.41) is 0. The molecule has 0 unspecified atom stereocenters. The van der Waals surface area contributed by atoms with Gasteiger partial charge in [-0.3, -0.25) is 0 Å². The number of hydrogen-bond donors (Lipinski definition) is 1. The number of hydrogen-bond acceptors (Lipinski definition) is 3. The fraction of sp³-hybridized carbons (Fsp3) is 0.500. The van der Waals surface area contributed by atoms with Gasteiger partial charge in [0, 0.05) is 5.41 Å². The first-order valence-electron chi connectivity index (χ1n) is 5.24. The summed E-state index contributed by atoms with van der Waals surface area (Å²) in [4.78, 5) is 0. The smallest absolute Gasteiger partial charge is 0.165 e. The van der Waals surface area contributed by atoms with Crippen LogP contribution in [0.3, 0.4) is 0 Å². The van der Waals surface area contributed by atoms with Gasteiger partial charge in [-0.15, -0.1) is 0 Å². The molecule has 0 atom stereocenters. The predicted octanol–water partition coefficient (Wildman–Crippen LogP) is 2.42. The minimum absolute atomic E-state index is 0.0468. The van der Waals surface area contributed by atoms with Crippen LogP contribution in [-0.4, -0.2) is 26.1 Å². The van der Waals surface area contributed by atoms with E-state index in [0.29, 0.717) is 13.2 Å². The lowest BCUT2D eigenvalue weighted by Gasteiger charge is -2.42. The Kier molecular flexibility index (Phi) is 3.40. The maximum Gasteiger partial charge on any atom is 0.165 e. The van der Waals surface area contributed by atoms with E-state index in [2.05, 4.69) is 12.6 Å². The molecular formula is C12H15FO2S. The van der Waals surface area contributed by atoms with Crippen LogP contribution in [0, 0.1) is 5.82 Å². The van der Waals surface area contributed by atoms with Crippen LogP contribution >= 0.6 is 12.6 Å². The van der Waals surface area contributed by atoms with Gasteiger partial charge in [-0.1, -0.05) is 6.07 Å². The minimum Gasteiger partial charge on any atom is -0.494 e. The van der Waals surface area contributed by atoms with Crippen LogP contribution in [0.1, 0.15) is 12.0 Å². The molecule has 1 aliphatic heterocycles. The molecule has 1 saturated heterocycles. The van der Waals surface area contributed by atoms with Gasteiger partial charge in [-0.25, -0.2) is 4.39 Å². The minimum atomic E-state index is -0.314. The first kappa shape index (κ1) is 11.7. The molecule has 0 radical (unpaired) electrons. The molecule has 0 aromatic heterocycles. The Labute approximate surface area is 100 Å². The van der Waals surface area contributed by atoms with E-state index in [-0.39, 0.29) is 17.0 Å². The molecule has 1 aromatic carbocycles. The summed E-state index contributed by atoms with van der Waals surface area (Å²) in [5.41, 5.74) is 0.931. The Balaban J connectivity index is 2.29. The molecule has 0 amide bonds. The quantitative estimate of drug-likeness (QED) is 0.817. The van der Waals surface area contributed by atoms with Gasteiger partial charge in [0.2, 0.25) is 0 Å². The van der Waals surface area contributed by atoms with E-state index >= 15 is 0 Å². The van der Waals surface area contributed by atoms with Gasteiger partial charge in [0.15, 0.2) is 11.6 Å². The van der Waals surface area contributed by atoms with E-state index in [1.54, 1.807) is 12.1 Å². The Bertz CT molecular complexity index is 377. The fourth-order valence-corrected chi connectivity index (χ4v) is 2.44. The molecule has 0 saturated carbocycles. The molecule has 0 N–H and O–H groups in total. The van der Waals surface area contributed by atoms with Crippen molar-refractivity contribution in [3.63, 3.8) is 0 Å². The molecule has 0 spiro atoms. The Morgan fingerprint density at radius 2 is 2.25 bits per heavy atom. The molecular weight excluding hydrogens is 227 g/mol. The lowest BCUT2D eigenvalue weighted by molar-refractivity contribution is -0.0615. The molecule has 16 heavy (non-hydrogen) atoms. The summed E-state index contributed by atoms with van der Waals surface area (Å²) in [6, 6.07) is 5.13. The van der Waals surface area contributed by atoms with Crippen molar-refractivity contribution in [3.8, 4) is 5.75 Å². The summed E-state index contributed by atoms with van der Waals surface area (Å²) >= 11 is 4.24. The molecule has 88 valence electrons. The zero-order valence-corrected chi connectivity index (χ0v) is 10.1. The third kappa shape index (κ3) is 1.92. The third-order valence-electron chi connectivity index (χ3n) is 3.11. The van der Waals surface area contributed by atoms with Crippen LogP contribution < -0.4 is 4.74 Å². The maximum absolute atomic E-state index is 13.6. The zero-order valence-electron chi connectivity index (χ0n) is 9.20. The Morgan fingerprint density at radius 1 is 1.50 bits per heavy atom. The second-order valence-corrected chi connectivity index (χ2v) is 4.54. The number of halogens is 1. The average Bonchev–Trinajstić information content (AvgIpc) is 2.23. The van der Waals surface area contributed by atoms with Gasteiger partial charge in [0.25, 0.3) is 0 Å². The number of rotatable bonds is 4. The fourth-order valence-electron chi connectivity index (χ4n) is 2.01. The molecule has 2 nitrogen and oxygen atoms in total. The van der Waals surface area contributed by atoms with Crippen molar-refractivity contribution in [2.75, 3.05) is 26.1 Å². The van der Waals surface area contributed by atoms with Crippen molar-refractivity contribution in [2.45, 2.75) is 11.8 Å². The van der Waals surface area contributed by atoms with Crippen LogP contribution in [0.15, 0.2) is 18.2 Å². The van der Waals surface area contributed by atoms with Gasteiger partial charge in [-0.05, 0) is 29.9 Å². The summed E-state index contributed by atoms with van der Waals surface area (Å²) in [6.45, 7) is 1.30. The largest absolute Gasteiger partial charge is 0.494 e. The summed E-state index contributed by atoms with van der Waals surface area (Å²) in [6.07, 6.45) is 0.905. The number of thiol groups is 1. The van der Waals surface area contributed by atoms with Gasteiger partial charge in [0.1, 0.15) is 0 Å². The van der Waals surface area contributed by atoms with Gasteiger partial charge >= 0.3 is 0 Å². The van der Waals surface area contributed by atoms with E-state index in [1.807, 2.05) is 6.07 Å². The number of ether oxygens (including phenoxy) is 2. The molecule has 2 rings (SSSR count). The van der Waals surface area contributed by atoms with Crippen molar-refractivity contribution >= 4 is 12.6 Å². The summed E-state index contributed by atoms with van der Waals surface area (Å²) in [7, 11) is 1.47. The molecule has 0 bridgehead atoms. The van der Waals surface area contributed by atoms with E-state index in [0.717, 1.165) is 17.7 Å². The van der Waals surface area contributed by atoms with Crippen molar-refractivity contribution in [2.24, 2.45) is 0 Å². The SMILES string of the molecule is COc1ccc(C2(CCS)COC2)cc1F. The van der Waals surface area contributed by atoms with Gasteiger partial charge in [-0.2, -0.15) is 12.6 Å². The van der Waals surface area contributed by atoms with Crippen LogP contribution in [0.2, 0.25) is 0 Å². The molecule has 1 aromatic rings. The van der Waals surface area contributed by atoms with Crippen LogP contribution in [-0.2, 0) is 10.2 Å². The monoisotopic (exact) mass is 242 g/mol. The number of benzene rings is 1. The second kappa shape index (κ2) is 4.63. The standard InChI is InChI=1S/C12H15FO2S/c1-14-11-3-2-9(6-10(11)13)12(4-5-16)7-15-8-12/h2-3,6,16H,4-5,7-8H2,1H3. The summed E-state index contributed by atoms with van der Waals surface area (Å²) < 4.78 is 23.8. The molecule has 1 fully saturated rings. The average molecular weight is 242 g/mol.